The molecule has 0 aliphatic heterocycles. The Kier molecular flexibility index (Phi) is 5.33. The lowest BCUT2D eigenvalue weighted by atomic mass is 10.2. The van der Waals surface area contributed by atoms with E-state index in [9.17, 15) is 18.4 Å². The summed E-state index contributed by atoms with van der Waals surface area (Å²) < 4.78 is 31.2. The lowest BCUT2D eigenvalue weighted by Gasteiger charge is -2.21. The molecule has 0 saturated carbocycles. The van der Waals surface area contributed by atoms with E-state index in [0.29, 0.717) is 5.56 Å². The third-order valence-electron chi connectivity index (χ3n) is 3.02. The predicted molar refractivity (Wildman–Crippen MR) is 77.1 cm³/mol. The maximum Gasteiger partial charge on any atom is 0.305 e. The van der Waals surface area contributed by atoms with Gasteiger partial charge in [-0.2, -0.15) is 0 Å². The molecule has 2 aromatic rings. The number of aliphatic carboxylic acids is 1. The van der Waals surface area contributed by atoms with Gasteiger partial charge in [0, 0.05) is 13.1 Å². The molecule has 0 aliphatic rings. The second kappa shape index (κ2) is 7.23. The molecule has 1 aromatic carbocycles. The topological polar surface area (TPSA) is 70.8 Å². The van der Waals surface area contributed by atoms with Crippen LogP contribution in [-0.4, -0.2) is 28.4 Å². The van der Waals surface area contributed by atoms with Gasteiger partial charge in [0.05, 0.1) is 6.42 Å². The van der Waals surface area contributed by atoms with Crippen LogP contribution in [0.5, 0.6) is 0 Å². The molecule has 0 radical (unpaired) electrons. The molecular weight excluding hydrogens is 332 g/mol. The van der Waals surface area contributed by atoms with Gasteiger partial charge in [0.15, 0.2) is 22.6 Å². The molecule has 2 rings (SSSR count). The molecule has 0 unspecified atom stereocenters. The second-order valence-corrected chi connectivity index (χ2v) is 5.10. The first-order valence-corrected chi connectivity index (χ1v) is 6.95. The van der Waals surface area contributed by atoms with Crippen LogP contribution in [0, 0.1) is 11.6 Å². The fourth-order valence-electron chi connectivity index (χ4n) is 1.93. The van der Waals surface area contributed by atoms with Crippen LogP contribution >= 0.6 is 11.6 Å². The van der Waals surface area contributed by atoms with Crippen molar-refractivity contribution in [3.63, 3.8) is 0 Å². The Labute approximate surface area is 135 Å². The Bertz CT molecular complexity index is 732. The number of carboxylic acid groups (broad SMARTS) is 1. The summed E-state index contributed by atoms with van der Waals surface area (Å²) in [5.74, 6) is -3.81. The first-order valence-electron chi connectivity index (χ1n) is 6.57. The van der Waals surface area contributed by atoms with Gasteiger partial charge in [0.2, 0.25) is 0 Å². The maximum absolute atomic E-state index is 13.3. The number of hydrogen-bond acceptors (Lipinski definition) is 3. The van der Waals surface area contributed by atoms with Crippen molar-refractivity contribution in [2.24, 2.45) is 0 Å². The highest BCUT2D eigenvalue weighted by Gasteiger charge is 2.21. The molecule has 1 N–H and O–H groups in total. The molecule has 0 spiro atoms. The van der Waals surface area contributed by atoms with Crippen LogP contribution in [0.1, 0.15) is 22.5 Å². The van der Waals surface area contributed by atoms with Crippen molar-refractivity contribution in [2.45, 2.75) is 13.0 Å². The molecule has 8 heteroatoms. The van der Waals surface area contributed by atoms with Gasteiger partial charge in [-0.05, 0) is 41.4 Å². The van der Waals surface area contributed by atoms with Crippen molar-refractivity contribution < 1.29 is 27.9 Å². The normalized spacial score (nSPS) is 10.6. The summed E-state index contributed by atoms with van der Waals surface area (Å²) >= 11 is 5.61. The van der Waals surface area contributed by atoms with Crippen LogP contribution in [0.15, 0.2) is 34.7 Å². The Balaban J connectivity index is 2.20. The lowest BCUT2D eigenvalue weighted by molar-refractivity contribution is -0.137. The largest absolute Gasteiger partial charge is 0.481 e. The number of nitrogens with zero attached hydrogens (tertiary/aromatic N) is 1. The van der Waals surface area contributed by atoms with Crippen LogP contribution in [0.4, 0.5) is 8.78 Å². The first-order chi connectivity index (χ1) is 10.9. The van der Waals surface area contributed by atoms with Crippen molar-refractivity contribution in [1.29, 1.82) is 0 Å². The molecular formula is C15H12ClF2NO4. The summed E-state index contributed by atoms with van der Waals surface area (Å²) in [6.45, 7) is -0.215. The van der Waals surface area contributed by atoms with Crippen molar-refractivity contribution in [1.82, 2.24) is 4.90 Å². The van der Waals surface area contributed by atoms with Crippen molar-refractivity contribution >= 4 is 23.5 Å². The molecule has 0 aliphatic carbocycles. The minimum Gasteiger partial charge on any atom is -0.481 e. The Morgan fingerprint density at radius 1 is 1.17 bits per heavy atom. The van der Waals surface area contributed by atoms with E-state index < -0.39 is 23.5 Å². The Morgan fingerprint density at radius 2 is 1.91 bits per heavy atom. The maximum atomic E-state index is 13.3. The number of hydrogen-bond donors (Lipinski definition) is 1. The molecule has 1 aromatic heterocycles. The molecule has 23 heavy (non-hydrogen) atoms. The average Bonchev–Trinajstić information content (AvgIpc) is 2.92. The van der Waals surface area contributed by atoms with E-state index in [-0.39, 0.29) is 30.5 Å². The first kappa shape index (κ1) is 17.0. The Hall–Kier alpha value is -2.41. The zero-order valence-electron chi connectivity index (χ0n) is 11.8. The van der Waals surface area contributed by atoms with E-state index in [2.05, 4.69) is 0 Å². The molecule has 1 amide bonds. The summed E-state index contributed by atoms with van der Waals surface area (Å²) in [5.41, 5.74) is 0.320. The highest BCUT2D eigenvalue weighted by Crippen LogP contribution is 2.18. The van der Waals surface area contributed by atoms with Crippen molar-refractivity contribution in [2.75, 3.05) is 6.54 Å². The summed E-state index contributed by atoms with van der Waals surface area (Å²) in [6.07, 6.45) is -0.302. The summed E-state index contributed by atoms with van der Waals surface area (Å²) in [6, 6.07) is 5.93. The molecule has 0 fully saturated rings. The monoisotopic (exact) mass is 343 g/mol. The summed E-state index contributed by atoms with van der Waals surface area (Å²) in [7, 11) is 0. The van der Waals surface area contributed by atoms with Gasteiger partial charge < -0.3 is 14.4 Å². The number of halogens is 3. The van der Waals surface area contributed by atoms with E-state index in [4.69, 9.17) is 21.1 Å². The van der Waals surface area contributed by atoms with Gasteiger partial charge >= 0.3 is 5.97 Å². The summed E-state index contributed by atoms with van der Waals surface area (Å²) in [4.78, 5) is 24.2. The molecule has 0 saturated heterocycles. The molecule has 0 atom stereocenters. The molecule has 122 valence electrons. The quantitative estimate of drug-likeness (QED) is 0.873. The number of amides is 1. The van der Waals surface area contributed by atoms with Crippen molar-refractivity contribution in [3.05, 3.63) is 58.5 Å². The molecule has 0 bridgehead atoms. The number of carbonyl (C=O) groups is 2. The smallest absolute Gasteiger partial charge is 0.305 e. The second-order valence-electron chi connectivity index (χ2n) is 4.72. The SMILES string of the molecule is O=C(O)CCN(Cc1ccc(F)c(F)c1)C(=O)c1ccc(Cl)o1. The Morgan fingerprint density at radius 3 is 2.48 bits per heavy atom. The minimum absolute atomic E-state index is 0.0133. The van der Waals surface area contributed by atoms with Gasteiger partial charge in [-0.25, -0.2) is 8.78 Å². The van der Waals surface area contributed by atoms with Gasteiger partial charge in [-0.3, -0.25) is 9.59 Å². The van der Waals surface area contributed by atoms with Crippen molar-refractivity contribution in [3.8, 4) is 0 Å². The van der Waals surface area contributed by atoms with E-state index in [1.807, 2.05) is 0 Å². The van der Waals surface area contributed by atoms with E-state index in [0.717, 1.165) is 17.0 Å². The highest BCUT2D eigenvalue weighted by atomic mass is 35.5. The zero-order chi connectivity index (χ0) is 17.0. The van der Waals surface area contributed by atoms with Crippen LogP contribution in [0.3, 0.4) is 0 Å². The van der Waals surface area contributed by atoms with E-state index >= 15 is 0 Å². The van der Waals surface area contributed by atoms with E-state index in [1.54, 1.807) is 0 Å². The van der Waals surface area contributed by atoms with E-state index in [1.165, 1.54) is 18.2 Å². The number of rotatable bonds is 6. The van der Waals surface area contributed by atoms with Gasteiger partial charge in [-0.15, -0.1) is 0 Å². The standard InChI is InChI=1S/C15H12ClF2NO4/c16-13-4-3-12(23-13)15(22)19(6-5-14(20)21)8-9-1-2-10(17)11(18)7-9/h1-4,7H,5-6,8H2,(H,20,21). The fourth-order valence-corrected chi connectivity index (χ4v) is 2.07. The summed E-state index contributed by atoms with van der Waals surface area (Å²) in [5, 5.41) is 8.79. The minimum atomic E-state index is -1.09. The zero-order valence-corrected chi connectivity index (χ0v) is 12.5. The fraction of sp³-hybridized carbons (Fsp3) is 0.200. The van der Waals surface area contributed by atoms with Gasteiger partial charge in [0.1, 0.15) is 0 Å². The van der Waals surface area contributed by atoms with Gasteiger partial charge in [0.25, 0.3) is 5.91 Å². The van der Waals surface area contributed by atoms with Gasteiger partial charge in [-0.1, -0.05) is 6.07 Å². The predicted octanol–water partition coefficient (Wildman–Crippen LogP) is 3.33. The van der Waals surface area contributed by atoms with Crippen LogP contribution in [0.25, 0.3) is 0 Å². The van der Waals surface area contributed by atoms with Crippen LogP contribution < -0.4 is 0 Å². The number of furan rings is 1. The molecule has 1 heterocycles. The molecule has 5 nitrogen and oxygen atoms in total. The van der Waals surface area contributed by atoms with Crippen LogP contribution in [0.2, 0.25) is 5.22 Å². The number of benzene rings is 1. The third-order valence-corrected chi connectivity index (χ3v) is 3.23. The van der Waals surface area contributed by atoms with Crippen LogP contribution in [-0.2, 0) is 11.3 Å². The number of carboxylic acids is 1. The third kappa shape index (κ3) is 4.53. The highest BCUT2D eigenvalue weighted by molar-refractivity contribution is 6.29. The average molecular weight is 344 g/mol. The number of carbonyl (C=O) groups excluding carboxylic acids is 1. The lowest BCUT2D eigenvalue weighted by Crippen LogP contribution is -2.32.